The second-order valence-corrected chi connectivity index (χ2v) is 7.32. The fourth-order valence-electron chi connectivity index (χ4n) is 2.64. The van der Waals surface area contributed by atoms with Crippen molar-refractivity contribution in [1.82, 2.24) is 4.98 Å². The molecule has 0 atom stereocenters. The number of carbonyl (C=O) groups is 1. The second-order valence-electron chi connectivity index (χ2n) is 5.90. The van der Waals surface area contributed by atoms with Crippen LogP contribution in [0, 0.1) is 0 Å². The van der Waals surface area contributed by atoms with E-state index in [2.05, 4.69) is 9.98 Å². The van der Waals surface area contributed by atoms with Crippen LogP contribution in [0.25, 0.3) is 6.08 Å². The number of aromatic hydroxyl groups is 1. The summed E-state index contributed by atoms with van der Waals surface area (Å²) in [5.41, 5.74) is 2.07. The van der Waals surface area contributed by atoms with E-state index in [9.17, 15) is 9.90 Å². The molecule has 7 heteroatoms. The maximum Gasteiger partial charge on any atom is 0.271 e. The first-order valence-electron chi connectivity index (χ1n) is 8.38. The van der Waals surface area contributed by atoms with Crippen molar-refractivity contribution >= 4 is 51.9 Å². The van der Waals surface area contributed by atoms with Gasteiger partial charge in [-0.1, -0.05) is 41.9 Å². The van der Waals surface area contributed by atoms with Gasteiger partial charge in [-0.2, -0.15) is 0 Å². The Morgan fingerprint density at radius 1 is 1.07 bits per heavy atom. The van der Waals surface area contributed by atoms with Crippen LogP contribution in [0.3, 0.4) is 0 Å². The van der Waals surface area contributed by atoms with Crippen LogP contribution in [-0.2, 0) is 4.79 Å². The number of benzene rings is 2. The fourth-order valence-corrected chi connectivity index (χ4v) is 3.79. The maximum atomic E-state index is 13.1. The lowest BCUT2D eigenvalue weighted by Gasteiger charge is -2.15. The Kier molecular flexibility index (Phi) is 5.14. The maximum absolute atomic E-state index is 13.1. The number of hydrogen-bond donors (Lipinski definition) is 1. The Balaban J connectivity index is 1.78. The lowest BCUT2D eigenvalue weighted by atomic mass is 10.2. The molecule has 2 heterocycles. The lowest BCUT2D eigenvalue weighted by molar-refractivity contribution is -0.113. The summed E-state index contributed by atoms with van der Waals surface area (Å²) in [5.74, 6) is 0.00116. The Bertz CT molecular complexity index is 1080. The van der Waals surface area contributed by atoms with E-state index >= 15 is 0 Å². The minimum Gasteiger partial charge on any atom is -0.508 e. The number of aliphatic imine (C=N–C) groups is 1. The van der Waals surface area contributed by atoms with E-state index in [0.717, 1.165) is 11.3 Å². The predicted octanol–water partition coefficient (Wildman–Crippen LogP) is 5.25. The van der Waals surface area contributed by atoms with Gasteiger partial charge < -0.3 is 5.11 Å². The van der Waals surface area contributed by atoms with Crippen LogP contribution in [0.4, 0.5) is 11.4 Å². The smallest absolute Gasteiger partial charge is 0.271 e. The summed E-state index contributed by atoms with van der Waals surface area (Å²) in [4.78, 5) is 23.8. The van der Waals surface area contributed by atoms with Crippen LogP contribution in [-0.4, -0.2) is 21.2 Å². The molecule has 1 aliphatic heterocycles. The molecule has 0 unspecified atom stereocenters. The number of pyridine rings is 1. The van der Waals surface area contributed by atoms with Gasteiger partial charge in [0, 0.05) is 12.4 Å². The zero-order valence-electron chi connectivity index (χ0n) is 14.5. The van der Waals surface area contributed by atoms with Crippen LogP contribution in [0.2, 0.25) is 5.02 Å². The van der Waals surface area contributed by atoms with Crippen molar-refractivity contribution in [3.8, 4) is 5.75 Å². The van der Waals surface area contributed by atoms with Gasteiger partial charge in [0.15, 0.2) is 5.17 Å². The number of rotatable bonds is 3. The average molecular weight is 408 g/mol. The summed E-state index contributed by atoms with van der Waals surface area (Å²) in [6.45, 7) is 0. The number of carbonyl (C=O) groups excluding carboxylic acids is 1. The van der Waals surface area contributed by atoms with Gasteiger partial charge in [0.25, 0.3) is 5.91 Å². The molecule has 1 aliphatic rings. The molecule has 1 saturated heterocycles. The molecule has 5 nitrogen and oxygen atoms in total. The molecule has 0 spiro atoms. The zero-order valence-corrected chi connectivity index (χ0v) is 16.1. The molecule has 1 N–H and O–H groups in total. The number of phenols is 1. The number of thioether (sulfide) groups is 1. The third-order valence-corrected chi connectivity index (χ3v) is 5.24. The summed E-state index contributed by atoms with van der Waals surface area (Å²) in [5, 5.41) is 10.4. The summed E-state index contributed by atoms with van der Waals surface area (Å²) in [6, 6.07) is 17.7. The summed E-state index contributed by atoms with van der Waals surface area (Å²) in [7, 11) is 0. The van der Waals surface area contributed by atoms with Crippen molar-refractivity contribution in [2.45, 2.75) is 0 Å². The molecule has 2 aromatic carbocycles. The van der Waals surface area contributed by atoms with Crippen LogP contribution in [0.5, 0.6) is 5.75 Å². The summed E-state index contributed by atoms with van der Waals surface area (Å²) >= 11 is 7.46. The third-order valence-electron chi connectivity index (χ3n) is 3.98. The Hall–Kier alpha value is -3.09. The van der Waals surface area contributed by atoms with Crippen molar-refractivity contribution in [2.24, 2.45) is 4.99 Å². The van der Waals surface area contributed by atoms with E-state index in [1.807, 2.05) is 30.3 Å². The number of hydrogen-bond acceptors (Lipinski definition) is 5. The van der Waals surface area contributed by atoms with Crippen molar-refractivity contribution in [3.63, 3.8) is 0 Å². The van der Waals surface area contributed by atoms with E-state index in [1.54, 1.807) is 47.5 Å². The van der Waals surface area contributed by atoms with Crippen LogP contribution < -0.4 is 4.90 Å². The van der Waals surface area contributed by atoms with Gasteiger partial charge in [-0.3, -0.25) is 14.7 Å². The molecule has 0 radical (unpaired) electrons. The predicted molar refractivity (Wildman–Crippen MR) is 114 cm³/mol. The molecule has 28 heavy (non-hydrogen) atoms. The molecule has 0 saturated carbocycles. The van der Waals surface area contributed by atoms with E-state index in [4.69, 9.17) is 11.6 Å². The number of phenolic OH excluding ortho intramolecular Hbond substituents is 1. The number of nitrogens with zero attached hydrogens (tertiary/aromatic N) is 3. The van der Waals surface area contributed by atoms with Gasteiger partial charge in [-0.05, 0) is 53.7 Å². The molecule has 0 bridgehead atoms. The number of aromatic nitrogens is 1. The quantitative estimate of drug-likeness (QED) is 0.602. The number of halogens is 1. The van der Waals surface area contributed by atoms with E-state index < -0.39 is 0 Å². The largest absolute Gasteiger partial charge is 0.508 e. The van der Waals surface area contributed by atoms with Gasteiger partial charge in [0.1, 0.15) is 5.75 Å². The highest BCUT2D eigenvalue weighted by molar-refractivity contribution is 8.19. The number of para-hydroxylation sites is 1. The minimum atomic E-state index is -0.173. The van der Waals surface area contributed by atoms with E-state index in [0.29, 0.717) is 20.8 Å². The minimum absolute atomic E-state index is 0.173. The highest BCUT2D eigenvalue weighted by Gasteiger charge is 2.34. The first-order chi connectivity index (χ1) is 13.6. The van der Waals surface area contributed by atoms with Crippen molar-refractivity contribution in [2.75, 3.05) is 4.90 Å². The number of anilines is 1. The van der Waals surface area contributed by atoms with Crippen molar-refractivity contribution < 1.29 is 9.90 Å². The van der Waals surface area contributed by atoms with Gasteiger partial charge in [0.05, 0.1) is 21.3 Å². The highest BCUT2D eigenvalue weighted by Crippen LogP contribution is 2.38. The van der Waals surface area contributed by atoms with Crippen molar-refractivity contribution in [1.29, 1.82) is 0 Å². The topological polar surface area (TPSA) is 65.8 Å². The second kappa shape index (κ2) is 7.88. The Morgan fingerprint density at radius 3 is 2.54 bits per heavy atom. The molecular formula is C21H14ClN3O2S. The van der Waals surface area contributed by atoms with Crippen LogP contribution in [0.15, 0.2) is 83.0 Å². The van der Waals surface area contributed by atoms with Crippen LogP contribution >= 0.6 is 23.4 Å². The molecular weight excluding hydrogens is 394 g/mol. The van der Waals surface area contributed by atoms with E-state index in [-0.39, 0.29) is 11.7 Å². The van der Waals surface area contributed by atoms with Crippen LogP contribution in [0.1, 0.15) is 5.56 Å². The zero-order chi connectivity index (χ0) is 19.5. The average Bonchev–Trinajstić information content (AvgIpc) is 3.01. The fraction of sp³-hybridized carbons (Fsp3) is 0. The molecule has 1 aromatic heterocycles. The summed E-state index contributed by atoms with van der Waals surface area (Å²) in [6.07, 6.45) is 4.90. The first kappa shape index (κ1) is 18.3. The molecule has 3 aromatic rings. The Morgan fingerprint density at radius 2 is 1.82 bits per heavy atom. The van der Waals surface area contributed by atoms with Gasteiger partial charge >= 0.3 is 0 Å². The highest BCUT2D eigenvalue weighted by atomic mass is 35.5. The van der Waals surface area contributed by atoms with Gasteiger partial charge in [0.2, 0.25) is 0 Å². The third kappa shape index (κ3) is 3.78. The SMILES string of the molecule is O=C1/C(=C/c2ccc(O)cc2)SC(=Nc2ccncc2Cl)N1c1ccccc1. The first-order valence-corrected chi connectivity index (χ1v) is 9.57. The Labute approximate surface area is 171 Å². The molecule has 0 aliphatic carbocycles. The molecule has 4 rings (SSSR count). The molecule has 1 fully saturated rings. The molecule has 1 amide bonds. The molecule has 138 valence electrons. The number of amidine groups is 1. The standard InChI is InChI=1S/C21H14ClN3O2S/c22-17-13-23-11-10-18(17)24-21-25(15-4-2-1-3-5-15)20(27)19(28-21)12-14-6-8-16(26)9-7-14/h1-13,26H/b19-12-,24-21?. The van der Waals surface area contributed by atoms with Gasteiger partial charge in [-0.15, -0.1) is 0 Å². The number of amides is 1. The monoisotopic (exact) mass is 407 g/mol. The van der Waals surface area contributed by atoms with Crippen molar-refractivity contribution in [3.05, 3.63) is 88.5 Å². The van der Waals surface area contributed by atoms with Gasteiger partial charge in [-0.25, -0.2) is 4.99 Å². The normalized spacial score (nSPS) is 16.9. The summed E-state index contributed by atoms with van der Waals surface area (Å²) < 4.78 is 0. The van der Waals surface area contributed by atoms with E-state index in [1.165, 1.54) is 18.0 Å². The lowest BCUT2D eigenvalue weighted by Crippen LogP contribution is -2.28.